The van der Waals surface area contributed by atoms with Crippen molar-refractivity contribution in [3.8, 4) is 0 Å². The lowest BCUT2D eigenvalue weighted by molar-refractivity contribution is 0.0721. The van der Waals surface area contributed by atoms with Gasteiger partial charge in [-0.3, -0.25) is 4.79 Å². The van der Waals surface area contributed by atoms with Gasteiger partial charge in [-0.2, -0.15) is 5.10 Å². The molecule has 0 unspecified atom stereocenters. The fourth-order valence-corrected chi connectivity index (χ4v) is 2.05. The lowest BCUT2D eigenvalue weighted by atomic mass is 10.2. The minimum Gasteiger partial charge on any atom is -0.395 e. The molecule has 1 amide bonds. The highest BCUT2D eigenvalue weighted by Crippen LogP contribution is 2.13. The number of aliphatic hydroxyl groups excluding tert-OH is 1. The van der Waals surface area contributed by atoms with E-state index in [0.717, 1.165) is 18.4 Å². The number of hydrogen-bond donors (Lipinski definition) is 1. The van der Waals surface area contributed by atoms with Crippen LogP contribution >= 0.6 is 0 Å². The van der Waals surface area contributed by atoms with Crippen LogP contribution in [0.5, 0.6) is 0 Å². The van der Waals surface area contributed by atoms with Crippen LogP contribution in [0.4, 0.5) is 0 Å². The maximum absolute atomic E-state index is 12.5. The summed E-state index contributed by atoms with van der Waals surface area (Å²) in [5.41, 5.74) is 1.39. The van der Waals surface area contributed by atoms with Gasteiger partial charge in [-0.25, -0.2) is 4.52 Å². The molecule has 2 aromatic heterocycles. The highest BCUT2D eigenvalue weighted by atomic mass is 16.3. The molecule has 0 aliphatic rings. The van der Waals surface area contributed by atoms with Gasteiger partial charge in [-0.15, -0.1) is 0 Å². The molecule has 19 heavy (non-hydrogen) atoms. The molecule has 0 aromatic carbocycles. The first-order chi connectivity index (χ1) is 9.27. The molecule has 5 heteroatoms. The highest BCUT2D eigenvalue weighted by molar-refractivity contribution is 6.00. The monoisotopic (exact) mass is 261 g/mol. The van der Waals surface area contributed by atoms with Gasteiger partial charge in [0.05, 0.1) is 23.9 Å². The second kappa shape index (κ2) is 6.33. The van der Waals surface area contributed by atoms with Gasteiger partial charge in [0, 0.05) is 19.3 Å². The van der Waals surface area contributed by atoms with E-state index >= 15 is 0 Å². The molecular formula is C14H19N3O2. The quantitative estimate of drug-likeness (QED) is 0.858. The van der Waals surface area contributed by atoms with Crippen molar-refractivity contribution in [1.82, 2.24) is 14.5 Å². The van der Waals surface area contributed by atoms with Crippen LogP contribution < -0.4 is 0 Å². The molecule has 0 bridgehead atoms. The van der Waals surface area contributed by atoms with Crippen molar-refractivity contribution in [3.63, 3.8) is 0 Å². The predicted molar refractivity (Wildman–Crippen MR) is 73.1 cm³/mol. The van der Waals surface area contributed by atoms with Crippen LogP contribution in [-0.4, -0.2) is 45.2 Å². The van der Waals surface area contributed by atoms with Crippen molar-refractivity contribution in [3.05, 3.63) is 36.2 Å². The molecule has 102 valence electrons. The molecule has 0 spiro atoms. The zero-order valence-electron chi connectivity index (χ0n) is 11.1. The van der Waals surface area contributed by atoms with E-state index in [-0.39, 0.29) is 12.5 Å². The van der Waals surface area contributed by atoms with E-state index in [9.17, 15) is 4.79 Å². The molecule has 0 saturated carbocycles. The Bertz CT molecular complexity index is 550. The largest absolute Gasteiger partial charge is 0.395 e. The average molecular weight is 261 g/mol. The summed E-state index contributed by atoms with van der Waals surface area (Å²) in [6.07, 6.45) is 5.36. The summed E-state index contributed by atoms with van der Waals surface area (Å²) in [4.78, 5) is 14.2. The van der Waals surface area contributed by atoms with Gasteiger partial charge >= 0.3 is 0 Å². The number of carbonyl (C=O) groups excluding carboxylic acids is 1. The number of pyridine rings is 1. The lowest BCUT2D eigenvalue weighted by Crippen LogP contribution is -2.34. The molecule has 0 saturated heterocycles. The molecule has 0 aliphatic heterocycles. The van der Waals surface area contributed by atoms with E-state index in [2.05, 4.69) is 12.0 Å². The lowest BCUT2D eigenvalue weighted by Gasteiger charge is -2.20. The Balaban J connectivity index is 2.25. The third-order valence-electron chi connectivity index (χ3n) is 3.10. The highest BCUT2D eigenvalue weighted by Gasteiger charge is 2.18. The second-order valence-corrected chi connectivity index (χ2v) is 4.46. The average Bonchev–Trinajstić information content (AvgIpc) is 2.86. The first-order valence-corrected chi connectivity index (χ1v) is 6.60. The summed E-state index contributed by atoms with van der Waals surface area (Å²) >= 11 is 0. The molecular weight excluding hydrogens is 242 g/mol. The minimum absolute atomic E-state index is 0.0192. The molecule has 2 rings (SSSR count). The fraction of sp³-hybridized carbons (Fsp3) is 0.429. The molecule has 0 fully saturated rings. The van der Waals surface area contributed by atoms with Gasteiger partial charge in [0.25, 0.3) is 5.91 Å². The van der Waals surface area contributed by atoms with Crippen molar-refractivity contribution in [2.75, 3.05) is 19.7 Å². The Kier molecular flexibility index (Phi) is 4.52. The fourth-order valence-electron chi connectivity index (χ4n) is 2.05. The molecule has 2 aromatic rings. The van der Waals surface area contributed by atoms with E-state index in [4.69, 9.17) is 5.11 Å². The van der Waals surface area contributed by atoms with Crippen LogP contribution in [0.2, 0.25) is 0 Å². The number of fused-ring (bicyclic) bond motifs is 1. The second-order valence-electron chi connectivity index (χ2n) is 4.46. The van der Waals surface area contributed by atoms with Crippen LogP contribution in [0.1, 0.15) is 30.1 Å². The SMILES string of the molecule is CCCCN(CCO)C(=O)c1cnn2ccccc12. The number of amides is 1. The summed E-state index contributed by atoms with van der Waals surface area (Å²) < 4.78 is 1.68. The van der Waals surface area contributed by atoms with Crippen LogP contribution in [0.3, 0.4) is 0 Å². The standard InChI is InChI=1S/C14H19N3O2/c1-2-3-7-16(9-10-18)14(19)12-11-15-17-8-5-4-6-13(12)17/h4-6,8,11,18H,2-3,7,9-10H2,1H3. The molecule has 0 atom stereocenters. The first kappa shape index (κ1) is 13.5. The van der Waals surface area contributed by atoms with Gasteiger partial charge in [0.15, 0.2) is 0 Å². The molecule has 1 N–H and O–H groups in total. The third kappa shape index (κ3) is 2.93. The third-order valence-corrected chi connectivity index (χ3v) is 3.10. The van der Waals surface area contributed by atoms with Gasteiger partial charge in [-0.1, -0.05) is 19.4 Å². The van der Waals surface area contributed by atoms with Gasteiger partial charge in [-0.05, 0) is 18.6 Å². The van der Waals surface area contributed by atoms with Crippen molar-refractivity contribution < 1.29 is 9.90 Å². The van der Waals surface area contributed by atoms with Crippen molar-refractivity contribution in [2.24, 2.45) is 0 Å². The Morgan fingerprint density at radius 3 is 3.00 bits per heavy atom. The Morgan fingerprint density at radius 2 is 2.26 bits per heavy atom. The number of nitrogens with zero attached hydrogens (tertiary/aromatic N) is 3. The number of carbonyl (C=O) groups is 1. The zero-order chi connectivity index (χ0) is 13.7. The van der Waals surface area contributed by atoms with E-state index in [0.29, 0.717) is 18.7 Å². The summed E-state index contributed by atoms with van der Waals surface area (Å²) in [6.45, 7) is 3.09. The maximum Gasteiger partial charge on any atom is 0.257 e. The molecule has 0 radical (unpaired) electrons. The van der Waals surface area contributed by atoms with Gasteiger partial charge < -0.3 is 10.0 Å². The number of unbranched alkanes of at least 4 members (excludes halogenated alkanes) is 1. The van der Waals surface area contributed by atoms with Crippen LogP contribution in [-0.2, 0) is 0 Å². The summed E-state index contributed by atoms with van der Waals surface area (Å²) in [5, 5.41) is 13.3. The molecule has 5 nitrogen and oxygen atoms in total. The van der Waals surface area contributed by atoms with E-state index in [1.165, 1.54) is 0 Å². The van der Waals surface area contributed by atoms with Crippen molar-refractivity contribution in [2.45, 2.75) is 19.8 Å². The predicted octanol–water partition coefficient (Wildman–Crippen LogP) is 1.57. The van der Waals surface area contributed by atoms with E-state index in [1.807, 2.05) is 24.4 Å². The summed E-state index contributed by atoms with van der Waals surface area (Å²) in [6, 6.07) is 5.63. The van der Waals surface area contributed by atoms with E-state index in [1.54, 1.807) is 15.6 Å². The normalized spacial score (nSPS) is 10.8. The summed E-state index contributed by atoms with van der Waals surface area (Å²) in [5.74, 6) is -0.0660. The number of hydrogen-bond acceptors (Lipinski definition) is 3. The first-order valence-electron chi connectivity index (χ1n) is 6.60. The van der Waals surface area contributed by atoms with Crippen molar-refractivity contribution in [1.29, 1.82) is 0 Å². The molecule has 0 aliphatic carbocycles. The van der Waals surface area contributed by atoms with Crippen LogP contribution in [0.15, 0.2) is 30.6 Å². The van der Waals surface area contributed by atoms with E-state index < -0.39 is 0 Å². The Labute approximate surface area is 112 Å². The Hall–Kier alpha value is -1.88. The molecule has 2 heterocycles. The number of rotatable bonds is 6. The topological polar surface area (TPSA) is 57.8 Å². The van der Waals surface area contributed by atoms with Crippen LogP contribution in [0.25, 0.3) is 5.52 Å². The zero-order valence-corrected chi connectivity index (χ0v) is 11.1. The van der Waals surface area contributed by atoms with Crippen molar-refractivity contribution >= 4 is 11.4 Å². The van der Waals surface area contributed by atoms with Crippen LogP contribution in [0, 0.1) is 0 Å². The summed E-state index contributed by atoms with van der Waals surface area (Å²) in [7, 11) is 0. The number of aliphatic hydroxyl groups is 1. The smallest absolute Gasteiger partial charge is 0.257 e. The minimum atomic E-state index is -0.0660. The van der Waals surface area contributed by atoms with Gasteiger partial charge in [0.2, 0.25) is 0 Å². The Morgan fingerprint density at radius 1 is 1.42 bits per heavy atom. The maximum atomic E-state index is 12.5. The number of aromatic nitrogens is 2. The van der Waals surface area contributed by atoms with Gasteiger partial charge in [0.1, 0.15) is 0 Å².